The first-order valence-corrected chi connectivity index (χ1v) is 42.3. The number of esters is 2. The molecule has 0 unspecified atom stereocenters. The number of halogens is 9. The Labute approximate surface area is 840 Å². The Balaban J connectivity index is -0.000000534. The third-order valence-electron chi connectivity index (χ3n) is 16.7. The quantitative estimate of drug-likeness (QED) is 0.00542. The number of anilines is 3. The minimum Gasteiger partial charge on any atom is -0.505 e. The van der Waals surface area contributed by atoms with Gasteiger partial charge in [0.05, 0.1) is 69.9 Å². The largest absolute Gasteiger partial charge is 0.505 e. The maximum Gasteiger partial charge on any atom is 0.488 e. The summed E-state index contributed by atoms with van der Waals surface area (Å²) in [5.41, 5.74) is 13.8. The highest BCUT2D eigenvalue weighted by atomic mass is 35.7. The SMILES string of the molecule is C.C.C.C.C.C.C.C.C.C.CCOC(=O)c1c(OCC)cc[nH]c1=O.CCOC(=O)c1c(OCC)ccn(-c2ccc(F)c(O)c2)c1=O.CCOP(=O)(Cl)OCC.CCOc1ccn(-c2ccc(F)c(O)c2)c(=O)c1C(=O)Cc1ccc(Oc2ccnc(N)c2Cl)c(F)c1.CCOc1ccn(-c2ccc(F)c(O)c2)c(=O)c1C(=O)O.Nc1ccc(Oc2ccnc(N)c2Cl)c(F)c1.OB(O)c1ccc(F)c(O)c1. The summed E-state index contributed by atoms with van der Waals surface area (Å²) in [6.07, 6.45) is 7.90. The monoisotopic (exact) mass is 2090 g/mol. The standard InChI is InChI=1S/C26H20ClF2N3O5.C16H16FNO5.C14H12FNO5.C11H9ClFN3O.C10H13NO4.C6H6BFO3.C4H10ClO3P.10CH4/c1-2-36-21-8-10-32(15-4-5-16(28)18(33)13-15)26(35)23(21)19(34)12-14-3-6-20(17(29)11-14)37-22-7-9-31-25(30)24(22)27;1-3-22-13-7-8-18(10-5-6-11(17)12(19)9-10)15(20)14(13)16(21)23-4-2;1-2-21-11-5-6-16(13(18)12(11)14(19)20)8-3-4-9(15)10(17)7-8;12-10-9(3-4-16-11(10)15)17-8-2-1-6(14)5-7(8)13;1-3-14-7-5-6-11-9(12)8(7)10(13)15-4-2;8-5-2-1-4(7(10)11)3-6(5)9;1-3-7-9(5,6)8-4-2;;;;;;;;;;/h3-11,13,33H,2,12H2,1H3,(H2,30,31);5-9,19H,3-4H2,1-2H3;3-7,17H,2H2,1H3,(H,19,20);1-5H,14H2,(H2,15,16);5-6H,3-4H2,1-2H3,(H,11,12);1-3,9-11H;3-4H2,1-2H3;10*1H4. The Morgan fingerprint density at radius 1 is 0.413 bits per heavy atom. The van der Waals surface area contributed by atoms with Crippen LogP contribution in [0.4, 0.5) is 43.7 Å². The number of Topliss-reactive ketones (excluding diaryl/α,β-unsaturated/α-hetero) is 1. The molecule has 0 saturated carbocycles. The Bertz CT molecular complexity index is 6400. The van der Waals surface area contributed by atoms with Crippen LogP contribution in [0.25, 0.3) is 17.1 Å². The number of aromatic carboxylic acids is 1. The molecule has 46 heteroatoms. The number of H-pyrrole nitrogens is 1. The highest BCUT2D eigenvalue weighted by molar-refractivity contribution is 7.81. The predicted octanol–water partition coefficient (Wildman–Crippen LogP) is 20.9. The van der Waals surface area contributed by atoms with Crippen LogP contribution in [0.5, 0.6) is 69.0 Å². The molecule has 12 rings (SSSR count). The molecule has 12 aromatic rings. The highest BCUT2D eigenvalue weighted by Gasteiger charge is 2.27. The predicted molar refractivity (Wildman–Crippen MR) is 546 cm³/mol. The smallest absolute Gasteiger partial charge is 0.488 e. The van der Waals surface area contributed by atoms with E-state index in [1.54, 1.807) is 55.4 Å². The molecule has 0 amide bonds. The highest BCUT2D eigenvalue weighted by Crippen LogP contribution is 2.53. The Hall–Kier alpha value is -14.5. The van der Waals surface area contributed by atoms with Gasteiger partial charge in [-0.15, -0.1) is 0 Å². The van der Waals surface area contributed by atoms with Crippen molar-refractivity contribution in [1.82, 2.24) is 28.7 Å². The number of carbonyl (C=O) groups is 4. The second-order valence-corrected chi connectivity index (χ2v) is 29.1. The number of rotatable bonds is 28. The number of aromatic amines is 1. The van der Waals surface area contributed by atoms with Crippen molar-refractivity contribution in [2.24, 2.45) is 0 Å². The zero-order valence-electron chi connectivity index (χ0n) is 71.5. The van der Waals surface area contributed by atoms with E-state index in [1.165, 1.54) is 122 Å². The van der Waals surface area contributed by atoms with Gasteiger partial charge in [-0.3, -0.25) is 46.7 Å². The third kappa shape index (κ3) is 39.1. The Morgan fingerprint density at radius 2 is 0.762 bits per heavy atom. The number of hydrogen-bond acceptors (Lipinski definition) is 30. The molecule has 0 aliphatic rings. The molecular weight excluding hydrogens is 1970 g/mol. The van der Waals surface area contributed by atoms with E-state index in [1.807, 2.05) is 0 Å². The number of carboxylic acid groups (broad SMARTS) is 1. The van der Waals surface area contributed by atoms with Gasteiger partial charge in [-0.2, -0.15) is 0 Å². The molecule has 0 bridgehead atoms. The molecule has 0 spiro atoms. The summed E-state index contributed by atoms with van der Waals surface area (Å²) in [4.78, 5) is 107. The first-order chi connectivity index (χ1) is 63.1. The summed E-state index contributed by atoms with van der Waals surface area (Å²) in [6, 6.07) is 29.7. The molecule has 6 aromatic heterocycles. The molecule has 0 saturated heterocycles. The molecule has 14 N–H and O–H groups in total. The second kappa shape index (κ2) is 66.2. The number of nitrogens with two attached hydrogens (primary N) is 3. The fourth-order valence-electron chi connectivity index (χ4n) is 10.8. The van der Waals surface area contributed by atoms with Crippen molar-refractivity contribution < 1.29 is 133 Å². The van der Waals surface area contributed by atoms with Gasteiger partial charge < -0.3 is 95.7 Å². The van der Waals surface area contributed by atoms with Gasteiger partial charge in [-0.1, -0.05) is 110 Å². The Kier molecular flexibility index (Phi) is 63.4. The minimum absolute atomic E-state index is 0. The van der Waals surface area contributed by atoms with Crippen LogP contribution in [-0.2, 0) is 29.5 Å². The van der Waals surface area contributed by atoms with Crippen LogP contribution in [0.15, 0.2) is 202 Å². The van der Waals surface area contributed by atoms with E-state index in [0.29, 0.717) is 25.5 Å². The number of aromatic hydroxyl groups is 4. The van der Waals surface area contributed by atoms with E-state index < -0.39 is 123 Å². The molecular formula is C97H126BCl3F6N9O26P. The summed E-state index contributed by atoms with van der Waals surface area (Å²) < 4.78 is 145. The molecule has 0 atom stereocenters. The van der Waals surface area contributed by atoms with Crippen LogP contribution in [0, 0.1) is 34.9 Å². The molecule has 786 valence electrons. The summed E-state index contributed by atoms with van der Waals surface area (Å²) in [5, 5.41) is 63.7. The van der Waals surface area contributed by atoms with Gasteiger partial charge in [-0.25, -0.2) is 55.3 Å². The van der Waals surface area contributed by atoms with E-state index in [4.69, 9.17) is 110 Å². The number of ketones is 1. The number of aromatic nitrogens is 6. The van der Waals surface area contributed by atoms with Crippen LogP contribution in [0.1, 0.15) is 177 Å². The first-order valence-electron chi connectivity index (χ1n) is 39.1. The average molecular weight is 2100 g/mol. The number of nitrogens with one attached hydrogen (secondary N) is 1. The lowest BCUT2D eigenvalue weighted by Gasteiger charge is -2.13. The first kappa shape index (κ1) is 137. The van der Waals surface area contributed by atoms with Crippen molar-refractivity contribution in [2.45, 2.75) is 136 Å². The molecule has 0 aliphatic heterocycles. The number of nitrogens with zero attached hydrogens (tertiary/aromatic N) is 5. The lowest BCUT2D eigenvalue weighted by molar-refractivity contribution is 0.0509. The number of hydrogen-bond donors (Lipinski definition) is 11. The van der Waals surface area contributed by atoms with E-state index in [0.717, 1.165) is 74.4 Å². The fraction of sp³-hybridized carbons (Fsp3) is 0.278. The average Bonchev–Trinajstić information content (AvgIpc) is 0.789. The van der Waals surface area contributed by atoms with E-state index in [2.05, 4.69) is 24.0 Å². The molecule has 0 aliphatic carbocycles. The van der Waals surface area contributed by atoms with Crippen LogP contribution < -0.4 is 73.3 Å². The molecule has 6 heterocycles. The number of nitrogen functional groups attached to an aromatic ring is 3. The molecule has 143 heavy (non-hydrogen) atoms. The normalized spacial score (nSPS) is 9.73. The summed E-state index contributed by atoms with van der Waals surface area (Å²) >= 11 is 17.2. The van der Waals surface area contributed by atoms with Gasteiger partial charge in [0.25, 0.3) is 22.2 Å². The Morgan fingerprint density at radius 3 is 1.12 bits per heavy atom. The van der Waals surface area contributed by atoms with Crippen molar-refractivity contribution >= 4 is 95.0 Å². The molecule has 0 fully saturated rings. The van der Waals surface area contributed by atoms with Crippen LogP contribution in [0.2, 0.25) is 10.0 Å². The minimum atomic E-state index is -3.22. The second-order valence-electron chi connectivity index (χ2n) is 25.7. The van der Waals surface area contributed by atoms with Gasteiger partial charge in [0.15, 0.2) is 103 Å². The topological polar surface area (TPSA) is 522 Å². The summed E-state index contributed by atoms with van der Waals surface area (Å²) in [5.74, 6) is -9.90. The van der Waals surface area contributed by atoms with Crippen molar-refractivity contribution in [3.63, 3.8) is 0 Å². The summed E-state index contributed by atoms with van der Waals surface area (Å²) in [6.45, 7) is 12.3. The van der Waals surface area contributed by atoms with Crippen molar-refractivity contribution in [3.05, 3.63) is 297 Å². The lowest BCUT2D eigenvalue weighted by atomic mass is 9.80. The maximum atomic E-state index is 14.8. The van der Waals surface area contributed by atoms with Crippen LogP contribution >= 0.6 is 41.4 Å². The zero-order valence-corrected chi connectivity index (χ0v) is 74.6. The van der Waals surface area contributed by atoms with Crippen molar-refractivity contribution in [3.8, 4) is 86.1 Å². The maximum absolute atomic E-state index is 14.8. The number of carbonyl (C=O) groups excluding carboxylic acids is 3. The zero-order chi connectivity index (χ0) is 98.7. The number of carboxylic acids is 1. The van der Waals surface area contributed by atoms with Gasteiger partial charge in [-0.05, 0) is 163 Å². The summed E-state index contributed by atoms with van der Waals surface area (Å²) in [7, 11) is -1.68. The van der Waals surface area contributed by atoms with Crippen molar-refractivity contribution in [1.29, 1.82) is 0 Å². The molecule has 6 aromatic carbocycles. The van der Waals surface area contributed by atoms with Crippen LogP contribution in [-0.4, -0.2) is 148 Å². The molecule has 0 radical (unpaired) electrons. The van der Waals surface area contributed by atoms with Crippen LogP contribution in [0.3, 0.4) is 0 Å². The number of phenolic OH excluding ortho intramolecular Hbond substituents is 4. The van der Waals surface area contributed by atoms with Gasteiger partial charge in [0.1, 0.15) is 50.2 Å². The number of ether oxygens (including phenoxy) is 8. The lowest BCUT2D eigenvalue weighted by Crippen LogP contribution is -2.29. The van der Waals surface area contributed by atoms with Gasteiger partial charge in [0.2, 0.25) is 0 Å². The van der Waals surface area contributed by atoms with Crippen molar-refractivity contribution in [2.75, 3.05) is 70.1 Å². The number of benzene rings is 6. The third-order valence-corrected chi connectivity index (χ3v) is 19.2. The van der Waals surface area contributed by atoms with Gasteiger partial charge >= 0.3 is 32.0 Å². The van der Waals surface area contributed by atoms with E-state index in [9.17, 15) is 84.6 Å². The van der Waals surface area contributed by atoms with Gasteiger partial charge in [0, 0.05) is 96.9 Å². The number of phenols is 4. The van der Waals surface area contributed by atoms with E-state index in [-0.39, 0.29) is 226 Å². The van der Waals surface area contributed by atoms with E-state index >= 15 is 0 Å². The molecule has 35 nitrogen and oxygen atoms in total. The number of pyridine rings is 6. The fourth-order valence-corrected chi connectivity index (χ4v) is 12.4.